The normalized spacial score (nSPS) is 27.2. The van der Waals surface area contributed by atoms with Gasteiger partial charge in [-0.3, -0.25) is 0 Å². The smallest absolute Gasteiger partial charge is 0.322 e. The van der Waals surface area contributed by atoms with E-state index in [-0.39, 0.29) is 11.3 Å². The van der Waals surface area contributed by atoms with E-state index in [1.54, 1.807) is 0 Å². The van der Waals surface area contributed by atoms with Crippen molar-refractivity contribution in [2.45, 2.75) is 39.7 Å². The van der Waals surface area contributed by atoms with Crippen molar-refractivity contribution in [1.82, 2.24) is 15.0 Å². The minimum atomic E-state index is 0.162. The number of ether oxygens (including phenoxy) is 1. The van der Waals surface area contributed by atoms with Crippen LogP contribution in [0.2, 0.25) is 5.28 Å². The summed E-state index contributed by atoms with van der Waals surface area (Å²) in [5.74, 6) is 1.84. The van der Waals surface area contributed by atoms with Crippen LogP contribution in [0.5, 0.6) is 6.01 Å². The third kappa shape index (κ3) is 3.02. The molecule has 0 saturated heterocycles. The van der Waals surface area contributed by atoms with E-state index in [2.05, 4.69) is 34.1 Å². The van der Waals surface area contributed by atoms with Gasteiger partial charge in [-0.2, -0.15) is 15.0 Å². The van der Waals surface area contributed by atoms with Crippen LogP contribution in [-0.4, -0.2) is 27.6 Å². The molecular formula is C12H19ClN4O. The Kier molecular flexibility index (Phi) is 4.22. The lowest BCUT2D eigenvalue weighted by Crippen LogP contribution is -2.25. The minimum absolute atomic E-state index is 0.162. The van der Waals surface area contributed by atoms with Crippen LogP contribution in [0.1, 0.15) is 33.6 Å². The van der Waals surface area contributed by atoms with Gasteiger partial charge < -0.3 is 10.1 Å². The fourth-order valence-corrected chi connectivity index (χ4v) is 2.48. The third-order valence-electron chi connectivity index (χ3n) is 3.64. The molecule has 6 heteroatoms. The van der Waals surface area contributed by atoms with Gasteiger partial charge >= 0.3 is 6.01 Å². The van der Waals surface area contributed by atoms with Crippen molar-refractivity contribution in [3.8, 4) is 6.01 Å². The van der Waals surface area contributed by atoms with Crippen molar-refractivity contribution in [3.63, 3.8) is 0 Å². The molecule has 1 aliphatic carbocycles. The van der Waals surface area contributed by atoms with Gasteiger partial charge in [-0.25, -0.2) is 0 Å². The maximum absolute atomic E-state index is 5.85. The summed E-state index contributed by atoms with van der Waals surface area (Å²) >= 11 is 5.85. The van der Waals surface area contributed by atoms with Gasteiger partial charge in [0.05, 0.1) is 6.61 Å². The summed E-state index contributed by atoms with van der Waals surface area (Å²) in [7, 11) is 0. The molecule has 3 atom stereocenters. The molecule has 0 bridgehead atoms. The lowest BCUT2D eigenvalue weighted by Gasteiger charge is -2.19. The van der Waals surface area contributed by atoms with Gasteiger partial charge in [-0.05, 0) is 43.2 Å². The summed E-state index contributed by atoms with van der Waals surface area (Å²) in [6.45, 7) is 6.92. The fourth-order valence-electron chi connectivity index (χ4n) is 2.32. The molecule has 100 valence electrons. The number of nitrogens with zero attached hydrogens (tertiary/aromatic N) is 3. The highest BCUT2D eigenvalue weighted by atomic mass is 35.5. The Labute approximate surface area is 112 Å². The van der Waals surface area contributed by atoms with Gasteiger partial charge in [0.1, 0.15) is 0 Å². The summed E-state index contributed by atoms with van der Waals surface area (Å²) in [6.07, 6.45) is 2.37. The number of anilines is 1. The molecule has 1 aromatic heterocycles. The highest BCUT2D eigenvalue weighted by molar-refractivity contribution is 6.28. The average molecular weight is 271 g/mol. The quantitative estimate of drug-likeness (QED) is 0.912. The SMILES string of the molecule is CCOc1nc(Cl)nc(NC2CCC(C)C2C)n1. The molecule has 0 radical (unpaired) electrons. The summed E-state index contributed by atoms with van der Waals surface area (Å²) < 4.78 is 5.25. The van der Waals surface area contributed by atoms with Crippen molar-refractivity contribution in [2.24, 2.45) is 11.8 Å². The Balaban J connectivity index is 2.09. The number of hydrogen-bond donors (Lipinski definition) is 1. The maximum Gasteiger partial charge on any atom is 0.322 e. The van der Waals surface area contributed by atoms with Crippen LogP contribution in [0.25, 0.3) is 0 Å². The Morgan fingerprint density at radius 3 is 2.67 bits per heavy atom. The van der Waals surface area contributed by atoms with Gasteiger partial charge in [-0.1, -0.05) is 13.8 Å². The molecule has 1 aliphatic rings. The first kappa shape index (κ1) is 13.3. The molecule has 1 N–H and O–H groups in total. The van der Waals surface area contributed by atoms with Crippen LogP contribution in [0.4, 0.5) is 5.95 Å². The standard InChI is InChI=1S/C12H19ClN4O/c1-4-18-12-16-10(13)15-11(17-12)14-9-6-5-7(2)8(9)3/h7-9H,4-6H2,1-3H3,(H,14,15,16,17). The Morgan fingerprint density at radius 2 is 2.06 bits per heavy atom. The largest absolute Gasteiger partial charge is 0.464 e. The summed E-state index contributed by atoms with van der Waals surface area (Å²) in [5, 5.41) is 3.50. The van der Waals surface area contributed by atoms with Gasteiger partial charge in [0.15, 0.2) is 0 Å². The molecule has 0 amide bonds. The van der Waals surface area contributed by atoms with Crippen molar-refractivity contribution in [2.75, 3.05) is 11.9 Å². The number of aromatic nitrogens is 3. The number of hydrogen-bond acceptors (Lipinski definition) is 5. The average Bonchev–Trinajstić information content (AvgIpc) is 2.61. The highest BCUT2D eigenvalue weighted by Crippen LogP contribution is 2.32. The Bertz CT molecular complexity index is 415. The summed E-state index contributed by atoms with van der Waals surface area (Å²) in [4.78, 5) is 12.2. The van der Waals surface area contributed by atoms with E-state index < -0.39 is 0 Å². The Morgan fingerprint density at radius 1 is 1.28 bits per heavy atom. The first-order valence-electron chi connectivity index (χ1n) is 6.41. The lowest BCUT2D eigenvalue weighted by molar-refractivity contribution is 0.311. The zero-order chi connectivity index (χ0) is 13.1. The highest BCUT2D eigenvalue weighted by Gasteiger charge is 2.30. The van der Waals surface area contributed by atoms with Crippen molar-refractivity contribution < 1.29 is 4.74 Å². The fraction of sp³-hybridized carbons (Fsp3) is 0.750. The zero-order valence-corrected chi connectivity index (χ0v) is 11.7. The van der Waals surface area contributed by atoms with E-state index in [1.165, 1.54) is 6.42 Å². The van der Waals surface area contributed by atoms with E-state index >= 15 is 0 Å². The maximum atomic E-state index is 5.85. The van der Waals surface area contributed by atoms with Gasteiger partial charge in [0.25, 0.3) is 0 Å². The van der Waals surface area contributed by atoms with Crippen LogP contribution in [-0.2, 0) is 0 Å². The number of halogens is 1. The minimum Gasteiger partial charge on any atom is -0.464 e. The molecule has 1 aromatic rings. The van der Waals surface area contributed by atoms with Gasteiger partial charge in [-0.15, -0.1) is 0 Å². The van der Waals surface area contributed by atoms with Crippen LogP contribution in [0.3, 0.4) is 0 Å². The molecule has 5 nitrogen and oxygen atoms in total. The molecule has 2 rings (SSSR count). The summed E-state index contributed by atoms with van der Waals surface area (Å²) in [6, 6.07) is 0.673. The van der Waals surface area contributed by atoms with Gasteiger partial charge in [0.2, 0.25) is 11.2 Å². The van der Waals surface area contributed by atoms with Crippen LogP contribution in [0.15, 0.2) is 0 Å². The predicted molar refractivity (Wildman–Crippen MR) is 71.0 cm³/mol. The monoisotopic (exact) mass is 270 g/mol. The molecular weight excluding hydrogens is 252 g/mol. The van der Waals surface area contributed by atoms with E-state index in [0.29, 0.717) is 24.5 Å². The molecule has 18 heavy (non-hydrogen) atoms. The van der Waals surface area contributed by atoms with Crippen molar-refractivity contribution in [1.29, 1.82) is 0 Å². The Hall–Kier alpha value is -1.10. The first-order chi connectivity index (χ1) is 8.60. The van der Waals surface area contributed by atoms with E-state index in [1.807, 2.05) is 6.92 Å². The number of nitrogens with one attached hydrogen (secondary N) is 1. The summed E-state index contributed by atoms with van der Waals surface area (Å²) in [5.41, 5.74) is 0. The molecule has 0 aliphatic heterocycles. The van der Waals surface area contributed by atoms with E-state index in [9.17, 15) is 0 Å². The topological polar surface area (TPSA) is 59.9 Å². The van der Waals surface area contributed by atoms with Gasteiger partial charge in [0, 0.05) is 6.04 Å². The molecule has 0 aromatic carbocycles. The molecule has 3 unspecified atom stereocenters. The van der Waals surface area contributed by atoms with Crippen molar-refractivity contribution >= 4 is 17.5 Å². The number of rotatable bonds is 4. The van der Waals surface area contributed by atoms with E-state index in [0.717, 1.165) is 12.3 Å². The lowest BCUT2D eigenvalue weighted by atomic mass is 9.98. The van der Waals surface area contributed by atoms with E-state index in [4.69, 9.17) is 16.3 Å². The molecule has 1 heterocycles. The second kappa shape index (κ2) is 5.69. The first-order valence-corrected chi connectivity index (χ1v) is 6.79. The predicted octanol–water partition coefficient (Wildman–Crippen LogP) is 2.77. The van der Waals surface area contributed by atoms with Crippen molar-refractivity contribution in [3.05, 3.63) is 5.28 Å². The third-order valence-corrected chi connectivity index (χ3v) is 3.81. The molecule has 0 spiro atoms. The van der Waals surface area contributed by atoms with Crippen LogP contribution < -0.4 is 10.1 Å². The van der Waals surface area contributed by atoms with Crippen LogP contribution in [0, 0.1) is 11.8 Å². The second-order valence-corrected chi connectivity index (χ2v) is 5.15. The molecule has 1 saturated carbocycles. The second-order valence-electron chi connectivity index (χ2n) is 4.81. The van der Waals surface area contributed by atoms with Crippen LogP contribution >= 0.6 is 11.6 Å². The zero-order valence-electron chi connectivity index (χ0n) is 11.0. The molecule has 1 fully saturated rings.